The van der Waals surface area contributed by atoms with Gasteiger partial charge in [-0.3, -0.25) is 24.3 Å². The van der Waals surface area contributed by atoms with Gasteiger partial charge in [0.15, 0.2) is 0 Å². The lowest BCUT2D eigenvalue weighted by Crippen LogP contribution is -2.47. The lowest BCUT2D eigenvalue weighted by Gasteiger charge is -2.35. The Balaban J connectivity index is 0.000000629. The molecule has 0 atom stereocenters. The van der Waals surface area contributed by atoms with Gasteiger partial charge in [0.25, 0.3) is 5.91 Å². The maximum atomic E-state index is 13.7. The van der Waals surface area contributed by atoms with Gasteiger partial charge in [-0.2, -0.15) is 52.7 Å². The maximum Gasteiger partial charge on any atom is 0.490 e. The van der Waals surface area contributed by atoms with Crippen molar-refractivity contribution in [2.75, 3.05) is 75.7 Å². The number of rotatable bonds is 9. The van der Waals surface area contributed by atoms with Crippen LogP contribution in [0.15, 0.2) is 48.5 Å². The molecule has 0 saturated carbocycles. The summed E-state index contributed by atoms with van der Waals surface area (Å²) in [6, 6.07) is 14.9. The molecule has 0 unspecified atom stereocenters. The Labute approximate surface area is 367 Å². The Bertz CT molecular complexity index is 1800. The standard InChI is InChI=1S/C30H42N6O2.4C2HF3O2/c31-14-18-34-21-19-33(20-22-34)15-6-5-7-24-12-16-35(17-13-24)23-29(37)36-27-10-3-1-8-25(27)30(38)32-26-9-2-4-11-28(26)36;4*3-2(4,5)1(6)7/h1-4,8-11,24H,5-7,12-23,31H2,(H,32,38);4*(H,6,7). The summed E-state index contributed by atoms with van der Waals surface area (Å²) in [4.78, 5) is 71.2. The zero-order chi connectivity index (χ0) is 50.6. The molecule has 16 nitrogen and oxygen atoms in total. The molecule has 0 radical (unpaired) electrons. The highest BCUT2D eigenvalue weighted by molar-refractivity contribution is 6.17. The predicted octanol–water partition coefficient (Wildman–Crippen LogP) is 5.91. The first-order valence-corrected chi connectivity index (χ1v) is 19.3. The number of unbranched alkanes of at least 4 members (excludes halogenated alkanes) is 1. The Morgan fingerprint density at radius 2 is 0.970 bits per heavy atom. The topological polar surface area (TPSA) is 234 Å². The Hall–Kier alpha value is -5.74. The molecule has 66 heavy (non-hydrogen) atoms. The fraction of sp³-hybridized carbons (Fsp3) is 0.526. The number of carboxylic acid groups (broad SMARTS) is 4. The van der Waals surface area contributed by atoms with Gasteiger partial charge in [-0.15, -0.1) is 0 Å². The van der Waals surface area contributed by atoms with Gasteiger partial charge in [-0.1, -0.05) is 37.1 Å². The SMILES string of the molecule is NCCN1CCN(CCCCC2CCN(CC(=O)N3c4ccccc4NC(=O)c4ccccc43)CC2)CC1.O=C(O)C(F)(F)F.O=C(O)C(F)(F)F.O=C(O)C(F)(F)F.O=C(O)C(F)(F)F. The number of piperidine rings is 1. The second-order valence-corrected chi connectivity index (χ2v) is 14.1. The van der Waals surface area contributed by atoms with E-state index in [2.05, 4.69) is 20.0 Å². The van der Waals surface area contributed by atoms with Crippen LogP contribution in [0.5, 0.6) is 0 Å². The average molecular weight is 975 g/mol. The number of hydrogen-bond acceptors (Lipinski definition) is 10. The number of amides is 2. The van der Waals surface area contributed by atoms with E-state index in [-0.39, 0.29) is 11.8 Å². The number of piperazine rings is 1. The third-order valence-corrected chi connectivity index (χ3v) is 9.32. The minimum Gasteiger partial charge on any atom is -0.475 e. The zero-order valence-corrected chi connectivity index (χ0v) is 34.4. The molecule has 2 amide bonds. The smallest absolute Gasteiger partial charge is 0.475 e. The van der Waals surface area contributed by atoms with Crippen molar-refractivity contribution in [3.05, 3.63) is 54.1 Å². The normalized spacial score (nSPS) is 16.0. The summed E-state index contributed by atoms with van der Waals surface area (Å²) in [5.74, 6) is -10.5. The molecule has 28 heteroatoms. The number of fused-ring (bicyclic) bond motifs is 2. The van der Waals surface area contributed by atoms with E-state index in [1.807, 2.05) is 42.5 Å². The Morgan fingerprint density at radius 3 is 1.39 bits per heavy atom. The van der Waals surface area contributed by atoms with Crippen LogP contribution in [0.2, 0.25) is 0 Å². The lowest BCUT2D eigenvalue weighted by atomic mass is 9.91. The van der Waals surface area contributed by atoms with Crippen molar-refractivity contribution in [3.63, 3.8) is 0 Å². The molecule has 372 valence electrons. The highest BCUT2D eigenvalue weighted by Gasteiger charge is 2.40. The first-order chi connectivity index (χ1) is 30.4. The van der Waals surface area contributed by atoms with Gasteiger partial charge in [0.2, 0.25) is 5.91 Å². The molecule has 3 aliphatic heterocycles. The molecule has 3 heterocycles. The van der Waals surface area contributed by atoms with E-state index >= 15 is 0 Å². The van der Waals surface area contributed by atoms with Gasteiger partial charge in [0.05, 0.1) is 29.2 Å². The van der Waals surface area contributed by atoms with E-state index in [0.717, 1.165) is 63.7 Å². The first kappa shape index (κ1) is 58.3. The maximum absolute atomic E-state index is 13.7. The van der Waals surface area contributed by atoms with Crippen molar-refractivity contribution in [2.45, 2.75) is 56.8 Å². The quantitative estimate of drug-likeness (QED) is 0.127. The van der Waals surface area contributed by atoms with E-state index in [4.69, 9.17) is 45.3 Å². The van der Waals surface area contributed by atoms with Gasteiger partial charge in [0.1, 0.15) is 0 Å². The van der Waals surface area contributed by atoms with Crippen molar-refractivity contribution in [1.29, 1.82) is 0 Å². The number of para-hydroxylation sites is 3. The molecule has 2 aromatic carbocycles. The number of likely N-dealkylation sites (tertiary alicyclic amines) is 1. The molecule has 2 fully saturated rings. The van der Waals surface area contributed by atoms with Crippen LogP contribution in [0.3, 0.4) is 0 Å². The number of carbonyl (C=O) groups is 6. The molecular weight excluding hydrogens is 928 g/mol. The van der Waals surface area contributed by atoms with E-state index in [1.165, 1.54) is 38.9 Å². The van der Waals surface area contributed by atoms with E-state index in [0.29, 0.717) is 23.5 Å². The first-order valence-electron chi connectivity index (χ1n) is 19.3. The van der Waals surface area contributed by atoms with Gasteiger partial charge in [-0.05, 0) is 69.1 Å². The summed E-state index contributed by atoms with van der Waals surface area (Å²) in [5, 5.41) is 31.5. The minimum atomic E-state index is -5.08. The lowest BCUT2D eigenvalue weighted by molar-refractivity contribution is -0.193. The summed E-state index contributed by atoms with van der Waals surface area (Å²) in [5.41, 5.74) is 8.25. The Kier molecular flexibility index (Phi) is 23.3. The number of carboxylic acids is 4. The van der Waals surface area contributed by atoms with Crippen LogP contribution in [0.25, 0.3) is 0 Å². The van der Waals surface area contributed by atoms with E-state index in [1.54, 1.807) is 11.0 Å². The number of halogens is 12. The number of carbonyl (C=O) groups excluding carboxylic acids is 2. The van der Waals surface area contributed by atoms with Gasteiger partial charge in [0, 0.05) is 39.3 Å². The number of aliphatic carboxylic acids is 4. The minimum absolute atomic E-state index is 0.00594. The second kappa shape index (κ2) is 26.4. The van der Waals surface area contributed by atoms with Crippen LogP contribution in [-0.2, 0) is 24.0 Å². The molecule has 3 aliphatic rings. The molecule has 5 rings (SSSR count). The number of nitrogens with zero attached hydrogens (tertiary/aromatic N) is 4. The molecule has 0 spiro atoms. The van der Waals surface area contributed by atoms with Crippen LogP contribution >= 0.6 is 0 Å². The zero-order valence-electron chi connectivity index (χ0n) is 34.4. The van der Waals surface area contributed by atoms with Gasteiger partial charge in [-0.25, -0.2) is 19.2 Å². The van der Waals surface area contributed by atoms with Crippen molar-refractivity contribution in [1.82, 2.24) is 14.7 Å². The second-order valence-electron chi connectivity index (χ2n) is 14.1. The van der Waals surface area contributed by atoms with Crippen molar-refractivity contribution >= 4 is 52.8 Å². The summed E-state index contributed by atoms with van der Waals surface area (Å²) >= 11 is 0. The average Bonchev–Trinajstić information content (AvgIpc) is 3.34. The monoisotopic (exact) mass is 974 g/mol. The Morgan fingerprint density at radius 1 is 0.576 bits per heavy atom. The van der Waals surface area contributed by atoms with Crippen molar-refractivity contribution < 1.29 is 102 Å². The number of nitrogens with two attached hydrogens (primary N) is 1. The molecular formula is C38H46F12N6O10. The van der Waals surface area contributed by atoms with Crippen LogP contribution in [0.4, 0.5) is 69.7 Å². The number of anilines is 3. The third-order valence-electron chi connectivity index (χ3n) is 9.32. The number of nitrogens with one attached hydrogen (secondary N) is 1. The highest BCUT2D eigenvalue weighted by atomic mass is 19.4. The molecule has 7 N–H and O–H groups in total. The van der Waals surface area contributed by atoms with Crippen LogP contribution in [-0.4, -0.2) is 161 Å². The summed E-state index contributed by atoms with van der Waals surface area (Å²) < 4.78 is 127. The number of hydrogen-bond donors (Lipinski definition) is 6. The summed E-state index contributed by atoms with van der Waals surface area (Å²) in [6.45, 7) is 9.89. The molecule has 0 aliphatic carbocycles. The number of benzene rings is 2. The van der Waals surface area contributed by atoms with Gasteiger partial charge < -0.3 is 36.4 Å². The predicted molar refractivity (Wildman–Crippen MR) is 208 cm³/mol. The molecule has 2 saturated heterocycles. The van der Waals surface area contributed by atoms with Gasteiger partial charge >= 0.3 is 48.6 Å². The highest BCUT2D eigenvalue weighted by Crippen LogP contribution is 2.38. The van der Waals surface area contributed by atoms with Crippen LogP contribution < -0.4 is 16.0 Å². The third kappa shape index (κ3) is 21.5. The molecule has 2 aromatic rings. The summed E-state index contributed by atoms with van der Waals surface area (Å²) in [7, 11) is 0. The molecule has 0 aromatic heterocycles. The van der Waals surface area contributed by atoms with Crippen LogP contribution in [0.1, 0.15) is 42.5 Å². The fourth-order valence-corrected chi connectivity index (χ4v) is 6.11. The van der Waals surface area contributed by atoms with Crippen LogP contribution in [0, 0.1) is 5.92 Å². The molecule has 0 bridgehead atoms. The van der Waals surface area contributed by atoms with Crippen molar-refractivity contribution in [2.24, 2.45) is 11.7 Å². The van der Waals surface area contributed by atoms with E-state index in [9.17, 15) is 62.3 Å². The van der Waals surface area contributed by atoms with Crippen molar-refractivity contribution in [3.8, 4) is 0 Å². The fourth-order valence-electron chi connectivity index (χ4n) is 6.11. The number of alkyl halides is 12. The summed E-state index contributed by atoms with van der Waals surface area (Å²) in [6.07, 6.45) is -14.2. The largest absolute Gasteiger partial charge is 0.490 e. The van der Waals surface area contributed by atoms with E-state index < -0.39 is 48.6 Å².